The molecule has 0 N–H and O–H groups in total. The van der Waals surface area contributed by atoms with Gasteiger partial charge < -0.3 is 0 Å². The Balaban J connectivity index is 3.53. The van der Waals surface area contributed by atoms with Crippen LogP contribution in [0.5, 0.6) is 0 Å². The molecule has 1 rings (SSSR count). The monoisotopic (exact) mass is 246 g/mol. The van der Waals surface area contributed by atoms with Gasteiger partial charge in [-0.05, 0) is 6.07 Å². The molecule has 0 aliphatic heterocycles. The average molecular weight is 247 g/mol. The standard InChI is InChI=1S/C8HClF6/c9-3-1-2(5(11)8(14)15)4(10)7(13)6(3)12/h1H. The van der Waals surface area contributed by atoms with Crippen LogP contribution in [0.1, 0.15) is 5.56 Å². The summed E-state index contributed by atoms with van der Waals surface area (Å²) in [5, 5.41) is -0.986. The topological polar surface area (TPSA) is 0 Å². The minimum Gasteiger partial charge on any atom is -0.203 e. The SMILES string of the molecule is FC(F)=C(F)c1cc(Cl)c(F)c(F)c1F. The Morgan fingerprint density at radius 2 is 1.47 bits per heavy atom. The minimum absolute atomic E-state index is 0.240. The first kappa shape index (κ1) is 11.9. The van der Waals surface area contributed by atoms with Gasteiger partial charge in [0, 0.05) is 0 Å². The maximum absolute atomic E-state index is 12.8. The van der Waals surface area contributed by atoms with Crippen LogP contribution in [0, 0.1) is 17.5 Å². The van der Waals surface area contributed by atoms with Gasteiger partial charge in [0.2, 0.25) is 0 Å². The molecule has 0 heterocycles. The molecule has 1 aromatic rings. The highest BCUT2D eigenvalue weighted by Crippen LogP contribution is 2.30. The Hall–Kier alpha value is -1.17. The fourth-order valence-electron chi connectivity index (χ4n) is 0.834. The lowest BCUT2D eigenvalue weighted by molar-refractivity contribution is 0.406. The number of hydrogen-bond donors (Lipinski definition) is 0. The van der Waals surface area contributed by atoms with Crippen LogP contribution in [0.25, 0.3) is 5.83 Å². The third-order valence-electron chi connectivity index (χ3n) is 1.51. The lowest BCUT2D eigenvalue weighted by Gasteiger charge is -2.03. The van der Waals surface area contributed by atoms with Gasteiger partial charge in [-0.25, -0.2) is 17.6 Å². The summed E-state index contributed by atoms with van der Waals surface area (Å²) in [6.07, 6.45) is -2.85. The summed E-state index contributed by atoms with van der Waals surface area (Å²) in [6, 6.07) is 0.240. The number of hydrogen-bond acceptors (Lipinski definition) is 0. The summed E-state index contributed by atoms with van der Waals surface area (Å²) in [4.78, 5) is 0. The summed E-state index contributed by atoms with van der Waals surface area (Å²) in [7, 11) is 0. The molecule has 0 radical (unpaired) electrons. The van der Waals surface area contributed by atoms with E-state index < -0.39 is 39.9 Å². The second kappa shape index (κ2) is 4.14. The lowest BCUT2D eigenvalue weighted by Crippen LogP contribution is -1.97. The van der Waals surface area contributed by atoms with Crippen molar-refractivity contribution in [2.45, 2.75) is 0 Å². The molecule has 7 heteroatoms. The summed E-state index contributed by atoms with van der Waals surface area (Å²) in [5.74, 6) is -8.20. The first-order valence-electron chi connectivity index (χ1n) is 3.40. The molecule has 0 aliphatic rings. The summed E-state index contributed by atoms with van der Waals surface area (Å²) in [6.45, 7) is 0. The zero-order valence-corrected chi connectivity index (χ0v) is 7.48. The second-order valence-corrected chi connectivity index (χ2v) is 2.83. The van der Waals surface area contributed by atoms with Crippen LogP contribution in [-0.2, 0) is 0 Å². The molecule has 0 unspecified atom stereocenters. The maximum Gasteiger partial charge on any atom is 0.306 e. The van der Waals surface area contributed by atoms with E-state index in [1.54, 1.807) is 0 Å². The molecule has 0 saturated carbocycles. The van der Waals surface area contributed by atoms with Crippen molar-refractivity contribution >= 4 is 17.4 Å². The quantitative estimate of drug-likeness (QED) is 0.394. The largest absolute Gasteiger partial charge is 0.306 e. The van der Waals surface area contributed by atoms with E-state index in [2.05, 4.69) is 0 Å². The van der Waals surface area contributed by atoms with E-state index in [9.17, 15) is 26.3 Å². The van der Waals surface area contributed by atoms with E-state index in [0.29, 0.717) is 0 Å². The van der Waals surface area contributed by atoms with Gasteiger partial charge in [0.15, 0.2) is 23.3 Å². The van der Waals surface area contributed by atoms with Crippen molar-refractivity contribution in [1.29, 1.82) is 0 Å². The highest BCUT2D eigenvalue weighted by Gasteiger charge is 2.22. The molecule has 0 saturated heterocycles. The lowest BCUT2D eigenvalue weighted by atomic mass is 10.2. The minimum atomic E-state index is -2.85. The van der Waals surface area contributed by atoms with Crippen LogP contribution >= 0.6 is 11.6 Å². The van der Waals surface area contributed by atoms with Gasteiger partial charge in [-0.15, -0.1) is 0 Å². The summed E-state index contributed by atoms with van der Waals surface area (Å²) in [5.41, 5.74) is -1.42. The zero-order chi connectivity index (χ0) is 11.7. The Labute approximate surface area is 84.8 Å². The van der Waals surface area contributed by atoms with Crippen LogP contribution in [-0.4, -0.2) is 0 Å². The summed E-state index contributed by atoms with van der Waals surface area (Å²) >= 11 is 5.02. The third kappa shape index (κ3) is 2.09. The molecule has 0 spiro atoms. The highest BCUT2D eigenvalue weighted by atomic mass is 35.5. The number of halogens is 7. The predicted octanol–water partition coefficient (Wildman–Crippen LogP) is 4.29. The van der Waals surface area contributed by atoms with Gasteiger partial charge in [0.1, 0.15) is 0 Å². The van der Waals surface area contributed by atoms with Gasteiger partial charge in [0.25, 0.3) is 0 Å². The van der Waals surface area contributed by atoms with Crippen molar-refractivity contribution in [1.82, 2.24) is 0 Å². The Bertz CT molecular complexity index is 435. The van der Waals surface area contributed by atoms with Crippen molar-refractivity contribution in [2.24, 2.45) is 0 Å². The molecule has 1 aromatic carbocycles. The second-order valence-electron chi connectivity index (χ2n) is 2.42. The maximum atomic E-state index is 12.8. The third-order valence-corrected chi connectivity index (χ3v) is 1.78. The van der Waals surface area contributed by atoms with Crippen molar-refractivity contribution < 1.29 is 26.3 Å². The molecule has 0 atom stereocenters. The van der Waals surface area contributed by atoms with Crippen LogP contribution in [0.4, 0.5) is 26.3 Å². The molecule has 15 heavy (non-hydrogen) atoms. The van der Waals surface area contributed by atoms with Crippen LogP contribution < -0.4 is 0 Å². The van der Waals surface area contributed by atoms with Crippen LogP contribution in [0.15, 0.2) is 12.1 Å². The predicted molar refractivity (Wildman–Crippen MR) is 41.6 cm³/mol. The van der Waals surface area contributed by atoms with E-state index >= 15 is 0 Å². The van der Waals surface area contributed by atoms with Crippen molar-refractivity contribution in [3.05, 3.63) is 40.2 Å². The van der Waals surface area contributed by atoms with E-state index in [-0.39, 0.29) is 6.07 Å². The number of rotatable bonds is 1. The normalized spacial score (nSPS) is 10.3. The Kier molecular flexibility index (Phi) is 3.28. The fourth-order valence-corrected chi connectivity index (χ4v) is 1.03. The first-order valence-corrected chi connectivity index (χ1v) is 3.78. The molecule has 0 bridgehead atoms. The Morgan fingerprint density at radius 3 is 1.93 bits per heavy atom. The molecule has 0 fully saturated rings. The molecule has 82 valence electrons. The van der Waals surface area contributed by atoms with E-state index in [4.69, 9.17) is 11.6 Å². The van der Waals surface area contributed by atoms with E-state index in [1.807, 2.05) is 0 Å². The molecule has 0 aromatic heterocycles. The van der Waals surface area contributed by atoms with Crippen LogP contribution in [0.2, 0.25) is 5.02 Å². The van der Waals surface area contributed by atoms with Gasteiger partial charge in [-0.2, -0.15) is 8.78 Å². The fraction of sp³-hybridized carbons (Fsp3) is 0. The first-order chi connectivity index (χ1) is 6.86. The Morgan fingerprint density at radius 1 is 0.933 bits per heavy atom. The average Bonchev–Trinajstić information content (AvgIpc) is 2.19. The molecular weight excluding hydrogens is 246 g/mol. The van der Waals surface area contributed by atoms with Crippen molar-refractivity contribution in [3.8, 4) is 0 Å². The van der Waals surface area contributed by atoms with Gasteiger partial charge in [-0.1, -0.05) is 11.6 Å². The van der Waals surface area contributed by atoms with Crippen molar-refractivity contribution in [2.75, 3.05) is 0 Å². The van der Waals surface area contributed by atoms with E-state index in [1.165, 1.54) is 0 Å². The van der Waals surface area contributed by atoms with Crippen LogP contribution in [0.3, 0.4) is 0 Å². The number of benzene rings is 1. The highest BCUT2D eigenvalue weighted by molar-refractivity contribution is 6.30. The van der Waals surface area contributed by atoms with Gasteiger partial charge in [0.05, 0.1) is 10.6 Å². The van der Waals surface area contributed by atoms with E-state index in [0.717, 1.165) is 0 Å². The molecular formula is C8HClF6. The van der Waals surface area contributed by atoms with Gasteiger partial charge in [-0.3, -0.25) is 0 Å². The smallest absolute Gasteiger partial charge is 0.203 e. The summed E-state index contributed by atoms with van der Waals surface area (Å²) < 4.78 is 74.0. The molecule has 0 nitrogen and oxygen atoms in total. The molecule has 0 aliphatic carbocycles. The van der Waals surface area contributed by atoms with Crippen molar-refractivity contribution in [3.63, 3.8) is 0 Å². The van der Waals surface area contributed by atoms with Gasteiger partial charge >= 0.3 is 6.08 Å². The molecule has 0 amide bonds. The zero-order valence-electron chi connectivity index (χ0n) is 6.72.